The van der Waals surface area contributed by atoms with Crippen molar-refractivity contribution in [1.29, 1.82) is 0 Å². The van der Waals surface area contributed by atoms with E-state index in [0.29, 0.717) is 36.5 Å². The van der Waals surface area contributed by atoms with Gasteiger partial charge in [-0.05, 0) is 72.1 Å². The van der Waals surface area contributed by atoms with E-state index in [9.17, 15) is 13.2 Å². The maximum Gasteiger partial charge on any atom is 0.417 e. The summed E-state index contributed by atoms with van der Waals surface area (Å²) in [6.07, 6.45) is 1.87. The fourth-order valence-corrected chi connectivity index (χ4v) is 5.87. The van der Waals surface area contributed by atoms with Crippen molar-refractivity contribution in [2.24, 2.45) is 5.92 Å². The molecule has 1 aliphatic carbocycles. The molecular weight excluding hydrogens is 399 g/mol. The lowest BCUT2D eigenvalue weighted by Crippen LogP contribution is -2.36. The average Bonchev–Trinajstić information content (AvgIpc) is 2.88. The standard InChI is InChI=1S/C26H30F3NO/c1-16(2)12-17-8-9-19(22(13-17)26(27,28)29)18-14-21-20-6-3-4-7-23(20)30-10-5-11-31-24(15-18)25(21)30/h8-9,13-16,20,23H,3-7,10-12H2,1-2H3/t20-,23-/m0/s1. The Bertz CT molecular complexity index is 981. The van der Waals surface area contributed by atoms with Crippen molar-refractivity contribution in [1.82, 2.24) is 0 Å². The lowest BCUT2D eigenvalue weighted by Gasteiger charge is -2.32. The fraction of sp³-hybridized carbons (Fsp3) is 0.538. The van der Waals surface area contributed by atoms with Gasteiger partial charge in [-0.3, -0.25) is 0 Å². The molecule has 2 aromatic carbocycles. The molecule has 31 heavy (non-hydrogen) atoms. The number of hydrogen-bond donors (Lipinski definition) is 0. The molecule has 0 bridgehead atoms. The van der Waals surface area contributed by atoms with Gasteiger partial charge < -0.3 is 9.64 Å². The topological polar surface area (TPSA) is 12.5 Å². The molecule has 2 heterocycles. The van der Waals surface area contributed by atoms with Crippen molar-refractivity contribution in [2.75, 3.05) is 18.1 Å². The van der Waals surface area contributed by atoms with E-state index in [2.05, 4.69) is 4.90 Å². The van der Waals surface area contributed by atoms with E-state index in [1.807, 2.05) is 32.0 Å². The maximum absolute atomic E-state index is 14.1. The average molecular weight is 430 g/mol. The molecule has 2 nitrogen and oxygen atoms in total. The first kappa shape index (κ1) is 20.7. The highest BCUT2D eigenvalue weighted by molar-refractivity contribution is 5.80. The van der Waals surface area contributed by atoms with E-state index in [1.165, 1.54) is 24.5 Å². The summed E-state index contributed by atoms with van der Waals surface area (Å²) in [4.78, 5) is 2.49. The molecule has 2 atom stereocenters. The first-order valence-electron chi connectivity index (χ1n) is 11.6. The largest absolute Gasteiger partial charge is 0.491 e. The smallest absolute Gasteiger partial charge is 0.417 e. The van der Waals surface area contributed by atoms with Gasteiger partial charge in [-0.2, -0.15) is 13.2 Å². The van der Waals surface area contributed by atoms with Crippen LogP contribution in [-0.2, 0) is 12.6 Å². The van der Waals surface area contributed by atoms with Gasteiger partial charge in [0.15, 0.2) is 0 Å². The van der Waals surface area contributed by atoms with Gasteiger partial charge in [-0.15, -0.1) is 0 Å². The van der Waals surface area contributed by atoms with Crippen molar-refractivity contribution in [3.05, 3.63) is 47.0 Å². The molecule has 2 aliphatic heterocycles. The Labute approximate surface area is 182 Å². The van der Waals surface area contributed by atoms with Crippen LogP contribution in [0.25, 0.3) is 11.1 Å². The molecule has 3 aliphatic rings. The zero-order valence-electron chi connectivity index (χ0n) is 18.3. The van der Waals surface area contributed by atoms with Crippen LogP contribution in [0.2, 0.25) is 0 Å². The van der Waals surface area contributed by atoms with Crippen LogP contribution < -0.4 is 9.64 Å². The second-order valence-electron chi connectivity index (χ2n) is 9.74. The van der Waals surface area contributed by atoms with Crippen LogP contribution >= 0.6 is 0 Å². The third-order valence-corrected chi connectivity index (χ3v) is 7.07. The molecule has 0 amide bonds. The normalized spacial score (nSPS) is 22.7. The Morgan fingerprint density at radius 1 is 1.06 bits per heavy atom. The summed E-state index contributed by atoms with van der Waals surface area (Å²) in [5, 5.41) is 0. The molecule has 1 saturated carbocycles. The van der Waals surface area contributed by atoms with Crippen LogP contribution in [0.15, 0.2) is 30.3 Å². The number of halogens is 3. The number of hydrogen-bond acceptors (Lipinski definition) is 2. The van der Waals surface area contributed by atoms with E-state index in [0.717, 1.165) is 42.8 Å². The highest BCUT2D eigenvalue weighted by atomic mass is 19.4. The van der Waals surface area contributed by atoms with Gasteiger partial charge in [0, 0.05) is 18.5 Å². The molecule has 1 fully saturated rings. The number of anilines is 1. The molecule has 0 unspecified atom stereocenters. The predicted molar refractivity (Wildman–Crippen MR) is 118 cm³/mol. The summed E-state index contributed by atoms with van der Waals surface area (Å²) in [5.74, 6) is 1.47. The van der Waals surface area contributed by atoms with Crippen LogP contribution in [-0.4, -0.2) is 19.2 Å². The lowest BCUT2D eigenvalue weighted by atomic mass is 9.81. The Morgan fingerprint density at radius 2 is 1.87 bits per heavy atom. The second kappa shape index (κ2) is 7.75. The number of benzene rings is 2. The molecule has 0 N–H and O–H groups in total. The zero-order valence-corrected chi connectivity index (χ0v) is 18.3. The van der Waals surface area contributed by atoms with E-state index in [4.69, 9.17) is 4.74 Å². The molecule has 5 rings (SSSR count). The van der Waals surface area contributed by atoms with Gasteiger partial charge in [-0.1, -0.05) is 38.8 Å². The second-order valence-corrected chi connectivity index (χ2v) is 9.74. The van der Waals surface area contributed by atoms with Crippen molar-refractivity contribution in [3.8, 4) is 16.9 Å². The molecule has 0 radical (unpaired) electrons. The minimum atomic E-state index is -4.39. The third-order valence-electron chi connectivity index (χ3n) is 7.07. The van der Waals surface area contributed by atoms with Gasteiger partial charge in [0.25, 0.3) is 0 Å². The monoisotopic (exact) mass is 429 g/mol. The number of nitrogens with zero attached hydrogens (tertiary/aromatic N) is 1. The van der Waals surface area contributed by atoms with Gasteiger partial charge in [0.05, 0.1) is 17.9 Å². The number of fused-ring (bicyclic) bond motifs is 3. The summed E-state index contributed by atoms with van der Waals surface area (Å²) >= 11 is 0. The van der Waals surface area contributed by atoms with Crippen LogP contribution in [0.1, 0.15) is 68.6 Å². The van der Waals surface area contributed by atoms with Crippen molar-refractivity contribution < 1.29 is 17.9 Å². The summed E-state index contributed by atoms with van der Waals surface area (Å²) in [5.41, 5.74) is 3.42. The van der Waals surface area contributed by atoms with E-state index < -0.39 is 11.7 Å². The van der Waals surface area contributed by atoms with E-state index >= 15 is 0 Å². The van der Waals surface area contributed by atoms with Crippen LogP contribution in [0.3, 0.4) is 0 Å². The van der Waals surface area contributed by atoms with Crippen LogP contribution in [0.5, 0.6) is 5.75 Å². The fourth-order valence-electron chi connectivity index (χ4n) is 5.87. The molecule has 0 saturated heterocycles. The summed E-state index contributed by atoms with van der Waals surface area (Å²) in [6.45, 7) is 5.64. The number of rotatable bonds is 3. The number of ether oxygens (including phenoxy) is 1. The highest BCUT2D eigenvalue weighted by Crippen LogP contribution is 2.54. The molecule has 2 aromatic rings. The SMILES string of the molecule is CC(C)Cc1ccc(-c2cc3c4c(c2)[C@@H]2CCCC[C@@H]2N4CCCO3)c(C(F)(F)F)c1. The van der Waals surface area contributed by atoms with Crippen molar-refractivity contribution in [2.45, 2.75) is 70.5 Å². The summed E-state index contributed by atoms with van der Waals surface area (Å²) < 4.78 is 48.3. The molecule has 166 valence electrons. The first-order chi connectivity index (χ1) is 14.8. The van der Waals surface area contributed by atoms with Crippen LogP contribution in [0, 0.1) is 5.92 Å². The zero-order chi connectivity index (χ0) is 21.8. The van der Waals surface area contributed by atoms with Gasteiger partial charge >= 0.3 is 6.18 Å². The molecule has 0 aromatic heterocycles. The molecule has 0 spiro atoms. The summed E-state index contributed by atoms with van der Waals surface area (Å²) in [7, 11) is 0. The predicted octanol–water partition coefficient (Wildman–Crippen LogP) is 7.20. The van der Waals surface area contributed by atoms with Crippen molar-refractivity contribution >= 4 is 5.69 Å². The quantitative estimate of drug-likeness (QED) is 0.512. The summed E-state index contributed by atoms with van der Waals surface area (Å²) in [6, 6.07) is 9.21. The van der Waals surface area contributed by atoms with Crippen LogP contribution in [0.4, 0.5) is 18.9 Å². The van der Waals surface area contributed by atoms with Gasteiger partial charge in [-0.25, -0.2) is 0 Å². The highest BCUT2D eigenvalue weighted by Gasteiger charge is 2.43. The van der Waals surface area contributed by atoms with Gasteiger partial charge in [0.1, 0.15) is 5.75 Å². The Balaban J connectivity index is 1.65. The van der Waals surface area contributed by atoms with Crippen molar-refractivity contribution in [3.63, 3.8) is 0 Å². The Hall–Kier alpha value is -2.17. The lowest BCUT2D eigenvalue weighted by molar-refractivity contribution is -0.137. The third kappa shape index (κ3) is 3.70. The van der Waals surface area contributed by atoms with E-state index in [1.54, 1.807) is 6.07 Å². The molecular formula is C26H30F3NO. The minimum Gasteiger partial charge on any atom is -0.491 e. The minimum absolute atomic E-state index is 0.262. The Kier molecular flexibility index (Phi) is 5.18. The number of alkyl halides is 3. The van der Waals surface area contributed by atoms with E-state index in [-0.39, 0.29) is 5.56 Å². The van der Waals surface area contributed by atoms with Gasteiger partial charge in [0.2, 0.25) is 0 Å². The maximum atomic E-state index is 14.1. The molecule has 5 heteroatoms. The first-order valence-corrected chi connectivity index (χ1v) is 11.6. The Morgan fingerprint density at radius 3 is 2.65 bits per heavy atom.